The number of methoxy groups -OCH3 is 1. The van der Waals surface area contributed by atoms with Gasteiger partial charge < -0.3 is 14.4 Å². The number of halogens is 2. The van der Waals surface area contributed by atoms with Crippen LogP contribution in [0.25, 0.3) is 0 Å². The highest BCUT2D eigenvalue weighted by molar-refractivity contribution is 5.68. The second-order valence-electron chi connectivity index (χ2n) is 7.43. The van der Waals surface area contributed by atoms with E-state index in [1.165, 1.54) is 13.2 Å². The van der Waals surface area contributed by atoms with Gasteiger partial charge in [0.15, 0.2) is 0 Å². The van der Waals surface area contributed by atoms with Crippen LogP contribution in [-0.2, 0) is 9.47 Å². The van der Waals surface area contributed by atoms with E-state index in [4.69, 9.17) is 14.7 Å². The predicted molar refractivity (Wildman–Crippen MR) is 95.1 cm³/mol. The highest BCUT2D eigenvalue weighted by atomic mass is 19.1. The molecular formula is C19H25F2N3O3. The van der Waals surface area contributed by atoms with Crippen molar-refractivity contribution in [2.75, 3.05) is 39.8 Å². The van der Waals surface area contributed by atoms with Crippen LogP contribution in [0.4, 0.5) is 13.6 Å². The molecule has 8 heteroatoms. The van der Waals surface area contributed by atoms with Crippen LogP contribution >= 0.6 is 0 Å². The van der Waals surface area contributed by atoms with Gasteiger partial charge in [-0.1, -0.05) is 6.07 Å². The van der Waals surface area contributed by atoms with E-state index in [1.807, 2.05) is 25.7 Å². The van der Waals surface area contributed by atoms with Crippen molar-refractivity contribution in [2.24, 2.45) is 0 Å². The van der Waals surface area contributed by atoms with Crippen LogP contribution in [0.15, 0.2) is 12.1 Å². The molecule has 1 aromatic rings. The molecule has 1 fully saturated rings. The summed E-state index contributed by atoms with van der Waals surface area (Å²) in [4.78, 5) is 15.8. The number of rotatable bonds is 4. The molecule has 27 heavy (non-hydrogen) atoms. The van der Waals surface area contributed by atoms with E-state index in [-0.39, 0.29) is 11.7 Å². The van der Waals surface area contributed by atoms with Crippen molar-refractivity contribution in [2.45, 2.75) is 32.5 Å². The Kier molecular flexibility index (Phi) is 6.73. The summed E-state index contributed by atoms with van der Waals surface area (Å²) >= 11 is 0. The molecule has 6 nitrogen and oxygen atoms in total. The summed E-state index contributed by atoms with van der Waals surface area (Å²) in [5, 5.41) is 8.93. The Morgan fingerprint density at radius 2 is 1.89 bits per heavy atom. The molecule has 1 unspecified atom stereocenters. The minimum Gasteiger partial charge on any atom is -0.444 e. The molecule has 0 bridgehead atoms. The highest BCUT2D eigenvalue weighted by Crippen LogP contribution is 2.25. The summed E-state index contributed by atoms with van der Waals surface area (Å²) in [6, 6.07) is 3.92. The second-order valence-corrected chi connectivity index (χ2v) is 7.43. The molecular weight excluding hydrogens is 356 g/mol. The minimum atomic E-state index is -0.892. The lowest BCUT2D eigenvalue weighted by Gasteiger charge is -2.36. The van der Waals surface area contributed by atoms with Crippen LogP contribution in [0.2, 0.25) is 0 Å². The average molecular weight is 381 g/mol. The molecule has 0 aliphatic carbocycles. The Morgan fingerprint density at radius 1 is 1.26 bits per heavy atom. The van der Waals surface area contributed by atoms with Gasteiger partial charge in [-0.15, -0.1) is 0 Å². The van der Waals surface area contributed by atoms with Crippen molar-refractivity contribution >= 4 is 6.09 Å². The number of piperazine rings is 1. The summed E-state index contributed by atoms with van der Waals surface area (Å²) in [6.45, 7) is 7.94. The SMILES string of the molecule is COC(CN1CCN(C(=O)OC(C)(C)C)CC1)c1ccc(F)c(C#N)c1F. The quantitative estimate of drug-likeness (QED) is 0.802. The lowest BCUT2D eigenvalue weighted by atomic mass is 10.0. The van der Waals surface area contributed by atoms with Gasteiger partial charge in [-0.2, -0.15) is 5.26 Å². The van der Waals surface area contributed by atoms with Crippen molar-refractivity contribution in [1.82, 2.24) is 9.80 Å². The zero-order valence-corrected chi connectivity index (χ0v) is 16.1. The summed E-state index contributed by atoms with van der Waals surface area (Å²) in [5.74, 6) is -1.78. The van der Waals surface area contributed by atoms with Gasteiger partial charge in [-0.25, -0.2) is 13.6 Å². The summed E-state index contributed by atoms with van der Waals surface area (Å²) < 4.78 is 38.7. The topological polar surface area (TPSA) is 65.8 Å². The Morgan fingerprint density at radius 3 is 2.41 bits per heavy atom. The first-order valence-corrected chi connectivity index (χ1v) is 8.77. The first kappa shape index (κ1) is 21.1. The van der Waals surface area contributed by atoms with Gasteiger partial charge in [0, 0.05) is 45.4 Å². The molecule has 1 aliphatic rings. The number of carbonyl (C=O) groups excluding carboxylic acids is 1. The van der Waals surface area contributed by atoms with E-state index in [2.05, 4.69) is 0 Å². The Labute approximate surface area is 158 Å². The minimum absolute atomic E-state index is 0.144. The Bertz CT molecular complexity index is 720. The maximum absolute atomic E-state index is 14.4. The molecule has 1 saturated heterocycles. The lowest BCUT2D eigenvalue weighted by molar-refractivity contribution is 0.00578. The predicted octanol–water partition coefficient (Wildman–Crippen LogP) is 3.08. The number of hydrogen-bond acceptors (Lipinski definition) is 5. The highest BCUT2D eigenvalue weighted by Gasteiger charge is 2.28. The molecule has 1 aliphatic heterocycles. The smallest absolute Gasteiger partial charge is 0.410 e. The van der Waals surface area contributed by atoms with Crippen LogP contribution in [0.3, 0.4) is 0 Å². The van der Waals surface area contributed by atoms with Gasteiger partial charge in [0.2, 0.25) is 0 Å². The Hall–Kier alpha value is -2.24. The first-order chi connectivity index (χ1) is 12.7. The molecule has 0 aromatic heterocycles. The molecule has 0 radical (unpaired) electrons. The standard InChI is InChI=1S/C19H25F2N3O3/c1-19(2,3)27-18(25)24-9-7-23(8-10-24)12-16(26-4)13-5-6-15(20)14(11-22)17(13)21/h5-6,16H,7-10,12H2,1-4H3. The normalized spacial score (nSPS) is 16.7. The average Bonchev–Trinajstić information content (AvgIpc) is 2.60. The lowest BCUT2D eigenvalue weighted by Crippen LogP contribution is -2.50. The molecule has 1 heterocycles. The van der Waals surface area contributed by atoms with Crippen LogP contribution in [0.5, 0.6) is 0 Å². The number of amides is 1. The van der Waals surface area contributed by atoms with Gasteiger partial charge in [0.25, 0.3) is 0 Å². The maximum atomic E-state index is 14.4. The summed E-state index contributed by atoms with van der Waals surface area (Å²) in [7, 11) is 1.44. The largest absolute Gasteiger partial charge is 0.444 e. The van der Waals surface area contributed by atoms with E-state index in [1.54, 1.807) is 11.0 Å². The van der Waals surface area contributed by atoms with E-state index < -0.39 is 28.9 Å². The van der Waals surface area contributed by atoms with Crippen molar-refractivity contribution < 1.29 is 23.0 Å². The van der Waals surface area contributed by atoms with E-state index >= 15 is 0 Å². The number of benzene rings is 1. The zero-order chi connectivity index (χ0) is 20.2. The fraction of sp³-hybridized carbons (Fsp3) is 0.579. The van der Waals surface area contributed by atoms with Gasteiger partial charge >= 0.3 is 6.09 Å². The summed E-state index contributed by atoms with van der Waals surface area (Å²) in [6.07, 6.45) is -1.00. The first-order valence-electron chi connectivity index (χ1n) is 8.77. The third-order valence-electron chi connectivity index (χ3n) is 4.31. The molecule has 1 amide bonds. The summed E-state index contributed by atoms with van der Waals surface area (Å²) in [5.41, 5.74) is -1.01. The third-order valence-corrected chi connectivity index (χ3v) is 4.31. The number of nitriles is 1. The van der Waals surface area contributed by atoms with Crippen molar-refractivity contribution in [3.05, 3.63) is 34.9 Å². The van der Waals surface area contributed by atoms with Gasteiger partial charge in [0.05, 0.1) is 6.10 Å². The van der Waals surface area contributed by atoms with Crippen molar-refractivity contribution in [3.8, 4) is 6.07 Å². The molecule has 1 aromatic carbocycles. The van der Waals surface area contributed by atoms with Crippen LogP contribution < -0.4 is 0 Å². The van der Waals surface area contributed by atoms with E-state index in [0.717, 1.165) is 6.07 Å². The number of nitrogens with zero attached hydrogens (tertiary/aromatic N) is 3. The van der Waals surface area contributed by atoms with Gasteiger partial charge in [0.1, 0.15) is 28.9 Å². The number of carbonyl (C=O) groups is 1. The maximum Gasteiger partial charge on any atom is 0.410 e. The van der Waals surface area contributed by atoms with Crippen molar-refractivity contribution in [3.63, 3.8) is 0 Å². The van der Waals surface area contributed by atoms with Crippen LogP contribution in [0.1, 0.15) is 38.0 Å². The molecule has 1 atom stereocenters. The fourth-order valence-electron chi connectivity index (χ4n) is 2.89. The number of ether oxygens (including phenoxy) is 2. The van der Waals surface area contributed by atoms with E-state index in [0.29, 0.717) is 32.7 Å². The van der Waals surface area contributed by atoms with Crippen LogP contribution in [0, 0.1) is 23.0 Å². The molecule has 148 valence electrons. The van der Waals surface area contributed by atoms with Gasteiger partial charge in [-0.3, -0.25) is 4.90 Å². The third kappa shape index (κ3) is 5.37. The fourth-order valence-corrected chi connectivity index (χ4v) is 2.89. The molecule has 0 spiro atoms. The van der Waals surface area contributed by atoms with E-state index in [9.17, 15) is 13.6 Å². The Balaban J connectivity index is 2.00. The van der Waals surface area contributed by atoms with Crippen LogP contribution in [-0.4, -0.2) is 61.3 Å². The van der Waals surface area contributed by atoms with Gasteiger partial charge in [-0.05, 0) is 26.8 Å². The monoisotopic (exact) mass is 381 g/mol. The molecule has 0 saturated carbocycles. The second kappa shape index (κ2) is 8.63. The molecule has 0 N–H and O–H groups in total. The van der Waals surface area contributed by atoms with Crippen molar-refractivity contribution in [1.29, 1.82) is 5.26 Å². The number of hydrogen-bond donors (Lipinski definition) is 0. The zero-order valence-electron chi connectivity index (χ0n) is 16.1. The molecule has 2 rings (SSSR count).